The predicted molar refractivity (Wildman–Crippen MR) is 82.3 cm³/mol. The molecule has 1 atom stereocenters. The monoisotopic (exact) mass is 330 g/mol. The van der Waals surface area contributed by atoms with Crippen molar-refractivity contribution in [2.24, 2.45) is 0 Å². The van der Waals surface area contributed by atoms with Crippen LogP contribution < -0.4 is 0 Å². The van der Waals surface area contributed by atoms with Gasteiger partial charge in [-0.15, -0.1) is 0 Å². The van der Waals surface area contributed by atoms with Gasteiger partial charge in [0, 0.05) is 0 Å². The van der Waals surface area contributed by atoms with Crippen molar-refractivity contribution in [3.05, 3.63) is 71.8 Å². The second kappa shape index (κ2) is 5.56. The van der Waals surface area contributed by atoms with Crippen molar-refractivity contribution in [2.75, 3.05) is 6.16 Å². The first kappa shape index (κ1) is 12.4. The SMILES string of the molecule is [H-].[H-].[H-].[Zr+3][PH]1=CC(c2ccccc2)=C(c2ccccc2)C1. The van der Waals surface area contributed by atoms with Crippen LogP contribution >= 0.6 is 4.84 Å². The van der Waals surface area contributed by atoms with Crippen LogP contribution in [-0.4, -0.2) is 12.0 Å². The molecule has 0 spiro atoms. The summed E-state index contributed by atoms with van der Waals surface area (Å²) in [6.07, 6.45) is 1.29. The van der Waals surface area contributed by atoms with E-state index < -0.39 is 0 Å². The second-order valence-corrected chi connectivity index (χ2v) is 10.9. The second-order valence-electron chi connectivity index (χ2n) is 4.47. The van der Waals surface area contributed by atoms with Gasteiger partial charge in [-0.25, -0.2) is 0 Å². The summed E-state index contributed by atoms with van der Waals surface area (Å²) in [5, 5.41) is 0. The molecule has 3 rings (SSSR count). The molecule has 2 aromatic carbocycles. The zero-order valence-corrected chi connectivity index (χ0v) is 13.5. The van der Waals surface area contributed by atoms with Crippen LogP contribution in [0.5, 0.6) is 0 Å². The fourth-order valence-corrected chi connectivity index (χ4v) is 6.31. The molecule has 0 saturated heterocycles. The molecule has 0 aliphatic carbocycles. The predicted octanol–water partition coefficient (Wildman–Crippen LogP) is 4.43. The van der Waals surface area contributed by atoms with Crippen molar-refractivity contribution >= 4 is 21.8 Å². The summed E-state index contributed by atoms with van der Waals surface area (Å²) in [7, 11) is 0. The average molecular weight is 332 g/mol. The van der Waals surface area contributed by atoms with E-state index >= 15 is 0 Å². The summed E-state index contributed by atoms with van der Waals surface area (Å²) in [5.41, 5.74) is 5.80. The molecule has 0 saturated carbocycles. The van der Waals surface area contributed by atoms with Crippen molar-refractivity contribution in [3.63, 3.8) is 0 Å². The minimum absolute atomic E-state index is 0. The Kier molecular flexibility index (Phi) is 3.83. The summed E-state index contributed by atoms with van der Waals surface area (Å²) in [5.74, 6) is 2.54. The van der Waals surface area contributed by atoms with E-state index in [9.17, 15) is 0 Å². The van der Waals surface area contributed by atoms with E-state index in [1.807, 2.05) is 0 Å². The summed E-state index contributed by atoms with van der Waals surface area (Å²) >= 11 is 1.71. The van der Waals surface area contributed by atoms with E-state index in [0.717, 1.165) is 0 Å². The van der Waals surface area contributed by atoms with Gasteiger partial charge in [0.2, 0.25) is 0 Å². The van der Waals surface area contributed by atoms with Crippen LogP contribution in [0.4, 0.5) is 0 Å². The standard InChI is InChI=1S/C16H13P.Zr.3H/c1-3-7-13(8-4-1)15-11-17-12-16(15)14-9-5-2-6-10-14;;;;/h1-11H,12H2;;;;/q;+2;3*-1/p+1. The zero-order valence-electron chi connectivity index (χ0n) is 13.1. The third kappa shape index (κ3) is 2.53. The first-order valence-electron chi connectivity index (χ1n) is 6.11. The van der Waals surface area contributed by atoms with E-state index in [-0.39, 0.29) is 9.12 Å². The first-order chi connectivity index (χ1) is 8.84. The molecule has 1 aliphatic heterocycles. The van der Waals surface area contributed by atoms with Crippen molar-refractivity contribution in [3.8, 4) is 0 Å². The van der Waals surface area contributed by atoms with Crippen LogP contribution in [0.15, 0.2) is 60.7 Å². The number of hydrogen-bond acceptors (Lipinski definition) is 0. The minimum atomic E-state index is -0.257. The Bertz CT molecular complexity index is 624. The van der Waals surface area contributed by atoms with E-state index in [1.54, 1.807) is 29.7 Å². The fourth-order valence-electron chi connectivity index (χ4n) is 2.37. The Labute approximate surface area is 128 Å². The summed E-state index contributed by atoms with van der Waals surface area (Å²) in [6, 6.07) is 21.7. The zero-order chi connectivity index (χ0) is 12.4. The average Bonchev–Trinajstić information content (AvgIpc) is 2.83. The maximum absolute atomic E-state index is 2.54. The third-order valence-electron chi connectivity index (χ3n) is 3.22. The van der Waals surface area contributed by atoms with Crippen molar-refractivity contribution in [1.82, 2.24) is 0 Å². The van der Waals surface area contributed by atoms with Gasteiger partial charge in [0.15, 0.2) is 0 Å². The molecule has 0 N–H and O–H groups in total. The Morgan fingerprint density at radius 1 is 0.833 bits per heavy atom. The number of rotatable bonds is 2. The molecule has 1 unspecified atom stereocenters. The Hall–Kier alpha value is -0.637. The molecule has 0 radical (unpaired) electrons. The van der Waals surface area contributed by atoms with Gasteiger partial charge in [0.05, 0.1) is 0 Å². The van der Waals surface area contributed by atoms with E-state index in [1.165, 1.54) is 22.9 Å². The molecule has 0 fully saturated rings. The van der Waals surface area contributed by atoms with Crippen LogP contribution in [-0.2, 0) is 24.1 Å². The Morgan fingerprint density at radius 2 is 1.39 bits per heavy atom. The normalized spacial score (nSPS) is 18.9. The van der Waals surface area contributed by atoms with Gasteiger partial charge in [-0.05, 0) is 0 Å². The van der Waals surface area contributed by atoms with Crippen LogP contribution in [0.25, 0.3) is 11.1 Å². The molecule has 18 heavy (non-hydrogen) atoms. The Morgan fingerprint density at radius 3 is 2.00 bits per heavy atom. The van der Waals surface area contributed by atoms with Crippen molar-refractivity contribution < 1.29 is 28.4 Å². The van der Waals surface area contributed by atoms with Crippen LogP contribution in [0, 0.1) is 0 Å². The van der Waals surface area contributed by atoms with Gasteiger partial charge in [0.1, 0.15) is 0 Å². The van der Waals surface area contributed by atoms with Gasteiger partial charge in [-0.1, -0.05) is 0 Å². The summed E-state index contributed by atoms with van der Waals surface area (Å²) in [4.78, 5) is -0.257. The van der Waals surface area contributed by atoms with Gasteiger partial charge < -0.3 is 4.28 Å². The molecule has 0 nitrogen and oxygen atoms in total. The van der Waals surface area contributed by atoms with Crippen molar-refractivity contribution in [1.29, 1.82) is 0 Å². The van der Waals surface area contributed by atoms with Gasteiger partial charge >= 0.3 is 124 Å². The van der Waals surface area contributed by atoms with E-state index in [4.69, 9.17) is 0 Å². The van der Waals surface area contributed by atoms with Gasteiger partial charge in [-0.3, -0.25) is 0 Å². The number of benzene rings is 2. The van der Waals surface area contributed by atoms with Crippen molar-refractivity contribution in [2.45, 2.75) is 0 Å². The third-order valence-corrected chi connectivity index (χ3v) is 6.96. The van der Waals surface area contributed by atoms with E-state index in [0.29, 0.717) is 0 Å². The molecular weight excluding hydrogens is 314 g/mol. The molecular formula is C16H17PZr. The first-order valence-corrected chi connectivity index (χ1v) is 11.6. The van der Waals surface area contributed by atoms with Crippen LogP contribution in [0.2, 0.25) is 0 Å². The number of allylic oxidation sites excluding steroid dienone is 2. The maximum atomic E-state index is 2.54. The van der Waals surface area contributed by atoms with Gasteiger partial charge in [-0.2, -0.15) is 0 Å². The van der Waals surface area contributed by atoms with Crippen LogP contribution in [0.3, 0.4) is 0 Å². The van der Waals surface area contributed by atoms with E-state index in [2.05, 4.69) is 66.5 Å². The fraction of sp³-hybridized carbons (Fsp3) is 0.0625. The molecule has 1 aliphatic rings. The quantitative estimate of drug-likeness (QED) is 0.714. The Balaban J connectivity index is 0.00000133. The molecule has 90 valence electrons. The summed E-state index contributed by atoms with van der Waals surface area (Å²) < 4.78 is 0. The molecule has 0 amide bonds. The van der Waals surface area contributed by atoms with Crippen LogP contribution in [0.1, 0.15) is 15.4 Å². The molecule has 2 heteroatoms. The summed E-state index contributed by atoms with van der Waals surface area (Å²) in [6.45, 7) is 0. The molecule has 0 aromatic heterocycles. The molecule has 1 heterocycles. The number of hydrogen-bond donors (Lipinski definition) is 0. The topological polar surface area (TPSA) is 0 Å². The molecule has 0 bridgehead atoms. The van der Waals surface area contributed by atoms with Gasteiger partial charge in [0.25, 0.3) is 0 Å². The molecule has 2 aromatic rings.